The van der Waals surface area contributed by atoms with Crippen LogP contribution in [-0.4, -0.2) is 26.9 Å². The Labute approximate surface area is 141 Å². The molecule has 0 unspecified atom stereocenters. The minimum absolute atomic E-state index is 0.0465. The molecular weight excluding hydrogens is 335 g/mol. The molecule has 6 N–H and O–H groups in total. The Morgan fingerprint density at radius 3 is 2.42 bits per heavy atom. The number of anilines is 1. The predicted octanol–water partition coefficient (Wildman–Crippen LogP) is 1.76. The van der Waals surface area contributed by atoms with Crippen LogP contribution in [0.15, 0.2) is 47.6 Å². The number of amidine groups is 1. The van der Waals surface area contributed by atoms with Gasteiger partial charge in [-0.05, 0) is 42.5 Å². The predicted molar refractivity (Wildman–Crippen MR) is 91.2 cm³/mol. The number of aromatic hydroxyl groups is 2. The monoisotopic (exact) mass is 350 g/mol. The van der Waals surface area contributed by atoms with Crippen molar-refractivity contribution in [1.82, 2.24) is 0 Å². The molecule has 0 amide bonds. The third-order valence-electron chi connectivity index (χ3n) is 3.05. The van der Waals surface area contributed by atoms with Crippen LogP contribution in [0.4, 0.5) is 10.1 Å². The van der Waals surface area contributed by atoms with Gasteiger partial charge in [-0.25, -0.2) is 10.2 Å². The number of rotatable bonds is 4. The van der Waals surface area contributed by atoms with Crippen LogP contribution in [0, 0.1) is 5.82 Å². The minimum atomic E-state index is -0.409. The summed E-state index contributed by atoms with van der Waals surface area (Å²) in [6.07, 6.45) is 0. The van der Waals surface area contributed by atoms with Crippen LogP contribution in [0.1, 0.15) is 10.4 Å². The highest BCUT2D eigenvalue weighted by Crippen LogP contribution is 2.26. The number of phenolic OH excluding ortho intramolecular Hbond substituents is 2. The Bertz CT molecular complexity index is 768. The van der Waals surface area contributed by atoms with E-state index in [0.29, 0.717) is 5.69 Å². The molecule has 0 atom stereocenters. The molecule has 0 saturated carbocycles. The molecule has 2 rings (SSSR count). The lowest BCUT2D eigenvalue weighted by Gasteiger charge is -2.19. The van der Waals surface area contributed by atoms with E-state index in [1.165, 1.54) is 36.4 Å². The van der Waals surface area contributed by atoms with Gasteiger partial charge in [0.2, 0.25) is 5.17 Å². The molecule has 7 nitrogen and oxygen atoms in total. The van der Waals surface area contributed by atoms with Gasteiger partial charge in [0, 0.05) is 5.56 Å². The first kappa shape index (κ1) is 17.6. The molecule has 0 radical (unpaired) electrons. The smallest absolute Gasteiger partial charge is 0.201 e. The van der Waals surface area contributed by atoms with E-state index in [4.69, 9.17) is 11.7 Å². The number of hydrogen-bond acceptors (Lipinski definition) is 7. The average molecular weight is 350 g/mol. The summed E-state index contributed by atoms with van der Waals surface area (Å²) in [5.74, 6) is 9.69. The first-order valence-corrected chi connectivity index (χ1v) is 7.67. The summed E-state index contributed by atoms with van der Waals surface area (Å²) >= 11 is 0.980. The van der Waals surface area contributed by atoms with Gasteiger partial charge in [0.15, 0.2) is 17.3 Å². The summed E-state index contributed by atoms with van der Waals surface area (Å²) < 4.78 is 12.9. The van der Waals surface area contributed by atoms with E-state index < -0.39 is 5.82 Å². The summed E-state index contributed by atoms with van der Waals surface area (Å²) in [5, 5.41) is 23.5. The van der Waals surface area contributed by atoms with Gasteiger partial charge in [0.1, 0.15) is 5.82 Å². The molecule has 9 heteroatoms. The summed E-state index contributed by atoms with van der Waals surface area (Å²) in [4.78, 5) is 12.1. The van der Waals surface area contributed by atoms with Crippen LogP contribution in [0.3, 0.4) is 0 Å². The number of Topliss-reactive ketones (excluding diaryl/α,β-unsaturated/α-hetero) is 1. The number of hydrogen-bond donors (Lipinski definition) is 4. The SMILES string of the molecule is N/N=C(/SCC(=O)c1ccc(O)c(O)c1)N(N)c1ccc(F)cc1. The van der Waals surface area contributed by atoms with E-state index in [9.17, 15) is 19.4 Å². The first-order valence-electron chi connectivity index (χ1n) is 6.68. The van der Waals surface area contributed by atoms with Crippen molar-refractivity contribution < 1.29 is 19.4 Å². The fourth-order valence-corrected chi connectivity index (χ4v) is 2.54. The van der Waals surface area contributed by atoms with E-state index in [1.54, 1.807) is 0 Å². The minimum Gasteiger partial charge on any atom is -0.504 e. The Morgan fingerprint density at radius 2 is 1.83 bits per heavy atom. The number of nitrogens with two attached hydrogens (primary N) is 2. The third-order valence-corrected chi connectivity index (χ3v) is 4.02. The van der Waals surface area contributed by atoms with E-state index >= 15 is 0 Å². The number of nitrogens with zero attached hydrogens (tertiary/aromatic N) is 2. The Kier molecular flexibility index (Phi) is 5.61. The average Bonchev–Trinajstić information content (AvgIpc) is 2.58. The molecule has 0 fully saturated rings. The molecule has 0 heterocycles. The number of phenols is 2. The Hall–Kier alpha value is -2.78. The second-order valence-electron chi connectivity index (χ2n) is 4.67. The maximum absolute atomic E-state index is 12.9. The zero-order valence-electron chi connectivity index (χ0n) is 12.4. The second-order valence-corrected chi connectivity index (χ2v) is 5.62. The molecular formula is C15H15FN4O3S. The highest BCUT2D eigenvalue weighted by molar-refractivity contribution is 8.14. The quantitative estimate of drug-likeness (QED) is 0.165. The Balaban J connectivity index is 2.04. The van der Waals surface area contributed by atoms with Crippen molar-refractivity contribution in [3.05, 3.63) is 53.8 Å². The highest BCUT2D eigenvalue weighted by atomic mass is 32.2. The lowest BCUT2D eigenvalue weighted by molar-refractivity contribution is 0.102. The number of hydrazine groups is 1. The number of thioether (sulfide) groups is 1. The van der Waals surface area contributed by atoms with Crippen LogP contribution in [0.25, 0.3) is 0 Å². The zero-order chi connectivity index (χ0) is 17.7. The van der Waals surface area contributed by atoms with Crippen LogP contribution >= 0.6 is 11.8 Å². The van der Waals surface area contributed by atoms with Crippen molar-refractivity contribution in [2.75, 3.05) is 10.8 Å². The Morgan fingerprint density at radius 1 is 1.17 bits per heavy atom. The van der Waals surface area contributed by atoms with Crippen molar-refractivity contribution in [2.24, 2.45) is 16.8 Å². The number of ketones is 1. The maximum atomic E-state index is 12.9. The molecule has 2 aromatic carbocycles. The number of hydrazone groups is 1. The third kappa shape index (κ3) is 4.15. The molecule has 0 saturated heterocycles. The van der Waals surface area contributed by atoms with E-state index in [-0.39, 0.29) is 33.8 Å². The molecule has 0 aliphatic rings. The van der Waals surface area contributed by atoms with Gasteiger partial charge < -0.3 is 16.1 Å². The lowest BCUT2D eigenvalue weighted by Crippen LogP contribution is -2.36. The zero-order valence-corrected chi connectivity index (χ0v) is 13.2. The van der Waals surface area contributed by atoms with Crippen molar-refractivity contribution in [3.8, 4) is 11.5 Å². The summed E-state index contributed by atoms with van der Waals surface area (Å²) in [6, 6.07) is 9.13. The van der Waals surface area contributed by atoms with Crippen LogP contribution < -0.4 is 16.7 Å². The molecule has 0 bridgehead atoms. The van der Waals surface area contributed by atoms with Gasteiger partial charge >= 0.3 is 0 Å². The van der Waals surface area contributed by atoms with Crippen LogP contribution in [0.5, 0.6) is 11.5 Å². The van der Waals surface area contributed by atoms with Crippen molar-refractivity contribution in [2.45, 2.75) is 0 Å². The first-order chi connectivity index (χ1) is 11.4. The molecule has 126 valence electrons. The van der Waals surface area contributed by atoms with Gasteiger partial charge in [-0.3, -0.25) is 9.80 Å². The molecule has 0 aliphatic heterocycles. The van der Waals surface area contributed by atoms with Gasteiger partial charge in [-0.15, -0.1) is 0 Å². The molecule has 24 heavy (non-hydrogen) atoms. The number of benzene rings is 2. The second kappa shape index (κ2) is 7.66. The molecule has 0 spiro atoms. The van der Waals surface area contributed by atoms with Crippen molar-refractivity contribution in [3.63, 3.8) is 0 Å². The lowest BCUT2D eigenvalue weighted by atomic mass is 10.1. The summed E-state index contributed by atoms with van der Waals surface area (Å²) in [6.45, 7) is 0. The van der Waals surface area contributed by atoms with Crippen LogP contribution in [-0.2, 0) is 0 Å². The molecule has 0 aliphatic carbocycles. The van der Waals surface area contributed by atoms with E-state index in [2.05, 4.69) is 5.10 Å². The van der Waals surface area contributed by atoms with Gasteiger partial charge in [0.05, 0.1) is 11.4 Å². The van der Waals surface area contributed by atoms with Gasteiger partial charge in [-0.2, -0.15) is 5.10 Å². The fourth-order valence-electron chi connectivity index (χ4n) is 1.79. The topological polar surface area (TPSA) is 125 Å². The van der Waals surface area contributed by atoms with Crippen molar-refractivity contribution in [1.29, 1.82) is 0 Å². The number of halogens is 1. The van der Waals surface area contributed by atoms with E-state index in [0.717, 1.165) is 22.8 Å². The maximum Gasteiger partial charge on any atom is 0.201 e. The van der Waals surface area contributed by atoms with E-state index in [1.807, 2.05) is 0 Å². The number of carbonyl (C=O) groups is 1. The van der Waals surface area contributed by atoms with Gasteiger partial charge in [-0.1, -0.05) is 11.8 Å². The summed E-state index contributed by atoms with van der Waals surface area (Å²) in [7, 11) is 0. The molecule has 0 aromatic heterocycles. The highest BCUT2D eigenvalue weighted by Gasteiger charge is 2.15. The largest absolute Gasteiger partial charge is 0.504 e. The fraction of sp³-hybridized carbons (Fsp3) is 0.0667. The normalized spacial score (nSPS) is 11.3. The van der Waals surface area contributed by atoms with Crippen molar-refractivity contribution >= 4 is 28.4 Å². The van der Waals surface area contributed by atoms with Gasteiger partial charge in [0.25, 0.3) is 0 Å². The number of carbonyl (C=O) groups excluding carboxylic acids is 1. The summed E-state index contributed by atoms with van der Waals surface area (Å²) in [5.41, 5.74) is 0.669. The molecule has 2 aromatic rings. The van der Waals surface area contributed by atoms with Crippen LogP contribution in [0.2, 0.25) is 0 Å². The standard InChI is InChI=1S/C15H15FN4O3S/c16-10-2-4-11(5-3-10)20(18)15(19-17)24-8-14(23)9-1-6-12(21)13(22)7-9/h1-7,21-22H,8,17-18H2/b19-15+.